The van der Waals surface area contributed by atoms with E-state index in [2.05, 4.69) is 26.2 Å². The van der Waals surface area contributed by atoms with E-state index in [1.807, 2.05) is 74.5 Å². The Balaban J connectivity index is 1.51. The van der Waals surface area contributed by atoms with Crippen molar-refractivity contribution in [3.63, 3.8) is 0 Å². The molecule has 0 aliphatic carbocycles. The van der Waals surface area contributed by atoms with Crippen LogP contribution in [0.15, 0.2) is 65.1 Å². The molecule has 3 aromatic rings. The fourth-order valence-electron chi connectivity index (χ4n) is 5.21. The SMILES string of the molecule is CC(C)[C@H]1NC(=O)[C@@H](C)NC(=O)[C@H](Cc2ccccc2)NC(=O)CCCN(Cc2cc3ccccc3o2)CCCNC1=O. The number of nitrogens with one attached hydrogen (secondary N) is 4. The normalized spacial score (nSPS) is 22.3. The van der Waals surface area contributed by atoms with E-state index in [4.69, 9.17) is 4.42 Å². The number of hydrogen-bond donors (Lipinski definition) is 4. The lowest BCUT2D eigenvalue weighted by atomic mass is 10.0. The zero-order chi connectivity index (χ0) is 30.8. The number of furan rings is 1. The molecule has 4 N–H and O–H groups in total. The lowest BCUT2D eigenvalue weighted by molar-refractivity contribution is -0.134. The van der Waals surface area contributed by atoms with Crippen molar-refractivity contribution < 1.29 is 23.6 Å². The van der Waals surface area contributed by atoms with Crippen molar-refractivity contribution in [2.24, 2.45) is 5.92 Å². The molecule has 0 saturated carbocycles. The summed E-state index contributed by atoms with van der Waals surface area (Å²) < 4.78 is 6.04. The summed E-state index contributed by atoms with van der Waals surface area (Å²) in [6, 6.07) is 16.8. The van der Waals surface area contributed by atoms with Gasteiger partial charge < -0.3 is 25.7 Å². The molecule has 2 aromatic carbocycles. The Bertz CT molecular complexity index is 1360. The van der Waals surface area contributed by atoms with Crippen molar-refractivity contribution in [2.75, 3.05) is 19.6 Å². The Kier molecular flexibility index (Phi) is 11.3. The molecule has 4 rings (SSSR count). The van der Waals surface area contributed by atoms with Gasteiger partial charge in [0, 0.05) is 31.3 Å². The first-order valence-corrected chi connectivity index (χ1v) is 15.1. The van der Waals surface area contributed by atoms with Gasteiger partial charge in [-0.05, 0) is 49.9 Å². The van der Waals surface area contributed by atoms with Crippen LogP contribution in [0.25, 0.3) is 11.0 Å². The maximum Gasteiger partial charge on any atom is 0.243 e. The topological polar surface area (TPSA) is 133 Å². The minimum Gasteiger partial charge on any atom is -0.460 e. The number of fused-ring (bicyclic) bond motifs is 1. The highest BCUT2D eigenvalue weighted by Gasteiger charge is 2.29. The third kappa shape index (κ3) is 9.41. The summed E-state index contributed by atoms with van der Waals surface area (Å²) in [5.41, 5.74) is 1.71. The van der Waals surface area contributed by atoms with Gasteiger partial charge in [0.15, 0.2) is 0 Å². The zero-order valence-corrected chi connectivity index (χ0v) is 25.2. The van der Waals surface area contributed by atoms with Gasteiger partial charge in [-0.15, -0.1) is 0 Å². The molecule has 4 amide bonds. The molecule has 0 spiro atoms. The van der Waals surface area contributed by atoms with Crippen molar-refractivity contribution in [1.82, 2.24) is 26.2 Å². The van der Waals surface area contributed by atoms with Crippen LogP contribution in [-0.2, 0) is 32.1 Å². The van der Waals surface area contributed by atoms with Crippen LogP contribution in [0.1, 0.15) is 51.4 Å². The standard InChI is InChI=1S/C33H43N5O5/c1-22(2)30-33(42)34-16-10-18-38(21-26-20-25-13-7-8-14-28(25)43-26)17-9-15-29(39)36-27(19-24-11-5-4-6-12-24)32(41)35-23(3)31(40)37-30/h4-8,11-14,20,22-23,27,30H,9-10,15-19,21H2,1-3H3,(H,34,42)(H,35,41)(H,36,39)(H,37,40)/t23-,27+,30-/m1/s1. The van der Waals surface area contributed by atoms with Crippen molar-refractivity contribution in [1.29, 1.82) is 0 Å². The predicted octanol–water partition coefficient (Wildman–Crippen LogP) is 2.91. The van der Waals surface area contributed by atoms with E-state index in [1.54, 1.807) is 6.92 Å². The number of benzene rings is 2. The molecule has 1 aliphatic heterocycles. The Morgan fingerprint density at radius 3 is 2.33 bits per heavy atom. The molecule has 0 radical (unpaired) electrons. The van der Waals surface area contributed by atoms with Gasteiger partial charge in [-0.25, -0.2) is 0 Å². The summed E-state index contributed by atoms with van der Waals surface area (Å²) in [6.45, 7) is 7.59. The molecule has 3 atom stereocenters. The highest BCUT2D eigenvalue weighted by Crippen LogP contribution is 2.20. The molecule has 1 aromatic heterocycles. The summed E-state index contributed by atoms with van der Waals surface area (Å²) in [5, 5.41) is 12.4. The molecule has 10 heteroatoms. The molecule has 230 valence electrons. The lowest BCUT2D eigenvalue weighted by Gasteiger charge is -2.26. The van der Waals surface area contributed by atoms with Gasteiger partial charge in [-0.2, -0.15) is 0 Å². The van der Waals surface area contributed by atoms with Crippen molar-refractivity contribution >= 4 is 34.6 Å². The number of carbonyl (C=O) groups excluding carboxylic acids is 4. The fraction of sp³-hybridized carbons (Fsp3) is 0.455. The molecule has 1 fully saturated rings. The molecule has 1 saturated heterocycles. The van der Waals surface area contributed by atoms with Crippen LogP contribution in [0.5, 0.6) is 0 Å². The number of rotatable bonds is 5. The van der Waals surface area contributed by atoms with Crippen molar-refractivity contribution in [3.8, 4) is 0 Å². The van der Waals surface area contributed by atoms with E-state index < -0.39 is 29.9 Å². The Labute approximate surface area is 252 Å². The number of nitrogens with zero attached hydrogens (tertiary/aromatic N) is 1. The van der Waals surface area contributed by atoms with Gasteiger partial charge in [0.2, 0.25) is 23.6 Å². The van der Waals surface area contributed by atoms with E-state index >= 15 is 0 Å². The third-order valence-corrected chi connectivity index (χ3v) is 7.62. The second kappa shape index (κ2) is 15.3. The molecule has 10 nitrogen and oxygen atoms in total. The van der Waals surface area contributed by atoms with Crippen molar-refractivity contribution in [2.45, 2.75) is 71.1 Å². The summed E-state index contributed by atoms with van der Waals surface area (Å²) in [6.07, 6.45) is 1.77. The average Bonchev–Trinajstić information content (AvgIpc) is 3.39. The highest BCUT2D eigenvalue weighted by molar-refractivity contribution is 5.94. The van der Waals surface area contributed by atoms with Gasteiger partial charge in [0.05, 0.1) is 6.54 Å². The molecule has 0 unspecified atom stereocenters. The maximum atomic E-state index is 13.3. The lowest BCUT2D eigenvalue weighted by Crippen LogP contribution is -2.57. The predicted molar refractivity (Wildman–Crippen MR) is 165 cm³/mol. The van der Waals surface area contributed by atoms with E-state index in [9.17, 15) is 19.2 Å². The van der Waals surface area contributed by atoms with Gasteiger partial charge in [-0.3, -0.25) is 24.1 Å². The Morgan fingerprint density at radius 2 is 1.58 bits per heavy atom. The van der Waals surface area contributed by atoms with Gasteiger partial charge >= 0.3 is 0 Å². The van der Waals surface area contributed by atoms with Crippen LogP contribution in [0.4, 0.5) is 0 Å². The van der Waals surface area contributed by atoms with Crippen LogP contribution < -0.4 is 21.3 Å². The maximum absolute atomic E-state index is 13.3. The smallest absolute Gasteiger partial charge is 0.243 e. The van der Waals surface area contributed by atoms with Crippen LogP contribution in [-0.4, -0.2) is 66.3 Å². The Morgan fingerprint density at radius 1 is 0.860 bits per heavy atom. The van der Waals surface area contributed by atoms with Gasteiger partial charge in [0.1, 0.15) is 29.5 Å². The Hall–Kier alpha value is -4.18. The van der Waals surface area contributed by atoms with Crippen LogP contribution in [0, 0.1) is 5.92 Å². The summed E-state index contributed by atoms with van der Waals surface area (Å²) >= 11 is 0. The highest BCUT2D eigenvalue weighted by atomic mass is 16.3. The summed E-state index contributed by atoms with van der Waals surface area (Å²) in [4.78, 5) is 54.6. The second-order valence-corrected chi connectivity index (χ2v) is 11.5. The molecule has 0 bridgehead atoms. The van der Waals surface area contributed by atoms with Crippen molar-refractivity contribution in [3.05, 3.63) is 72.0 Å². The average molecular weight is 590 g/mol. The first-order valence-electron chi connectivity index (χ1n) is 15.1. The number of para-hydroxylation sites is 1. The number of carbonyl (C=O) groups is 4. The molecule has 43 heavy (non-hydrogen) atoms. The summed E-state index contributed by atoms with van der Waals surface area (Å²) in [5.74, 6) is -0.755. The third-order valence-electron chi connectivity index (χ3n) is 7.62. The molecule has 1 aliphatic rings. The van der Waals surface area contributed by atoms with E-state index in [1.165, 1.54) is 0 Å². The fourth-order valence-corrected chi connectivity index (χ4v) is 5.21. The summed E-state index contributed by atoms with van der Waals surface area (Å²) in [7, 11) is 0. The van der Waals surface area contributed by atoms with Gasteiger partial charge in [-0.1, -0.05) is 62.4 Å². The van der Waals surface area contributed by atoms with Crippen LogP contribution in [0.3, 0.4) is 0 Å². The largest absolute Gasteiger partial charge is 0.460 e. The van der Waals surface area contributed by atoms with E-state index in [0.717, 1.165) is 22.3 Å². The van der Waals surface area contributed by atoms with Crippen LogP contribution >= 0.6 is 0 Å². The van der Waals surface area contributed by atoms with Crippen LogP contribution in [0.2, 0.25) is 0 Å². The first kappa shape index (κ1) is 31.7. The van der Waals surface area contributed by atoms with Gasteiger partial charge in [0.25, 0.3) is 0 Å². The first-order chi connectivity index (χ1) is 20.7. The van der Waals surface area contributed by atoms with E-state index in [0.29, 0.717) is 39.0 Å². The zero-order valence-electron chi connectivity index (χ0n) is 25.2. The molecule has 2 heterocycles. The number of hydrogen-bond acceptors (Lipinski definition) is 6. The molecular formula is C33H43N5O5. The minimum atomic E-state index is -0.901. The van der Waals surface area contributed by atoms with E-state index in [-0.39, 0.29) is 30.6 Å². The second-order valence-electron chi connectivity index (χ2n) is 11.5. The number of amides is 4. The monoisotopic (exact) mass is 589 g/mol. The molecular weight excluding hydrogens is 546 g/mol. The minimum absolute atomic E-state index is 0.160. The quantitative estimate of drug-likeness (QED) is 0.362.